The van der Waals surface area contributed by atoms with Crippen molar-refractivity contribution >= 4 is 5.69 Å². The van der Waals surface area contributed by atoms with E-state index in [1.807, 2.05) is 0 Å². The molecular formula is C11H14F4N2. The van der Waals surface area contributed by atoms with Crippen molar-refractivity contribution in [1.29, 1.82) is 0 Å². The van der Waals surface area contributed by atoms with Gasteiger partial charge in [-0.15, -0.1) is 0 Å². The summed E-state index contributed by atoms with van der Waals surface area (Å²) in [7, 11) is 1.59. The third-order valence-corrected chi connectivity index (χ3v) is 2.66. The number of anilines is 1. The van der Waals surface area contributed by atoms with Crippen LogP contribution in [0.2, 0.25) is 0 Å². The number of benzene rings is 1. The minimum atomic E-state index is -4.53. The Hall–Kier alpha value is -1.30. The normalized spacial score (nSPS) is 13.6. The van der Waals surface area contributed by atoms with Crippen LogP contribution in [0.5, 0.6) is 0 Å². The van der Waals surface area contributed by atoms with Crippen LogP contribution in [0.15, 0.2) is 18.2 Å². The molecule has 0 aliphatic rings. The van der Waals surface area contributed by atoms with Crippen LogP contribution in [0.3, 0.4) is 0 Å². The fourth-order valence-corrected chi connectivity index (χ4v) is 1.36. The fraction of sp³-hybridized carbons (Fsp3) is 0.455. The summed E-state index contributed by atoms with van der Waals surface area (Å²) >= 11 is 0. The molecule has 0 aromatic heterocycles. The molecule has 0 saturated heterocycles. The average molecular weight is 250 g/mol. The van der Waals surface area contributed by atoms with Crippen molar-refractivity contribution in [2.45, 2.75) is 19.1 Å². The van der Waals surface area contributed by atoms with E-state index in [-0.39, 0.29) is 18.3 Å². The Balaban J connectivity index is 3.06. The van der Waals surface area contributed by atoms with Crippen molar-refractivity contribution in [3.05, 3.63) is 29.6 Å². The molecule has 0 saturated carbocycles. The molecule has 0 bridgehead atoms. The van der Waals surface area contributed by atoms with Gasteiger partial charge in [-0.3, -0.25) is 0 Å². The van der Waals surface area contributed by atoms with Crippen molar-refractivity contribution in [2.24, 2.45) is 5.73 Å². The minimum Gasteiger partial charge on any atom is -0.368 e. The van der Waals surface area contributed by atoms with Crippen molar-refractivity contribution < 1.29 is 17.6 Å². The van der Waals surface area contributed by atoms with E-state index in [9.17, 15) is 17.6 Å². The van der Waals surface area contributed by atoms with Gasteiger partial charge >= 0.3 is 6.18 Å². The summed E-state index contributed by atoms with van der Waals surface area (Å²) in [6.07, 6.45) is -4.53. The molecule has 1 atom stereocenters. The molecule has 17 heavy (non-hydrogen) atoms. The lowest BCUT2D eigenvalue weighted by Gasteiger charge is -2.26. The lowest BCUT2D eigenvalue weighted by molar-refractivity contribution is -0.137. The number of nitrogens with two attached hydrogens (primary N) is 1. The maximum Gasteiger partial charge on any atom is 0.416 e. The van der Waals surface area contributed by atoms with Gasteiger partial charge in [0.2, 0.25) is 0 Å². The zero-order chi connectivity index (χ0) is 13.2. The number of likely N-dealkylation sites (N-methyl/N-ethyl adjacent to an activating group) is 1. The van der Waals surface area contributed by atoms with Crippen LogP contribution in [0.25, 0.3) is 0 Å². The molecule has 0 spiro atoms. The smallest absolute Gasteiger partial charge is 0.368 e. The van der Waals surface area contributed by atoms with Gasteiger partial charge in [-0.25, -0.2) is 4.39 Å². The van der Waals surface area contributed by atoms with E-state index in [4.69, 9.17) is 5.73 Å². The van der Waals surface area contributed by atoms with E-state index >= 15 is 0 Å². The number of alkyl halides is 3. The van der Waals surface area contributed by atoms with Crippen molar-refractivity contribution in [3.63, 3.8) is 0 Å². The van der Waals surface area contributed by atoms with E-state index in [0.29, 0.717) is 6.07 Å². The largest absolute Gasteiger partial charge is 0.416 e. The second kappa shape index (κ2) is 4.91. The first kappa shape index (κ1) is 13.8. The molecule has 0 aliphatic heterocycles. The molecule has 2 N–H and O–H groups in total. The molecule has 0 aliphatic carbocycles. The predicted octanol–water partition coefficient (Wildman–Crippen LogP) is 2.63. The standard InChI is InChI=1S/C11H14F4N2/c1-7(6-16)17(2)10-4-3-8(5-9(10)12)11(13,14)15/h3-5,7H,6,16H2,1-2H3. The molecule has 2 nitrogen and oxygen atoms in total. The quantitative estimate of drug-likeness (QED) is 0.835. The SMILES string of the molecule is CC(CN)N(C)c1ccc(C(F)(F)F)cc1F. The highest BCUT2D eigenvalue weighted by Gasteiger charge is 2.31. The Kier molecular flexibility index (Phi) is 3.98. The van der Waals surface area contributed by atoms with E-state index in [1.54, 1.807) is 14.0 Å². The Morgan fingerprint density at radius 2 is 1.94 bits per heavy atom. The highest BCUT2D eigenvalue weighted by molar-refractivity contribution is 5.49. The average Bonchev–Trinajstić information content (AvgIpc) is 2.25. The monoisotopic (exact) mass is 250 g/mol. The van der Waals surface area contributed by atoms with Gasteiger partial charge < -0.3 is 10.6 Å². The van der Waals surface area contributed by atoms with Crippen LogP contribution in [-0.2, 0) is 6.18 Å². The zero-order valence-electron chi connectivity index (χ0n) is 9.55. The number of hydrogen-bond donors (Lipinski definition) is 1. The lowest BCUT2D eigenvalue weighted by Crippen LogP contribution is -2.35. The third kappa shape index (κ3) is 3.09. The van der Waals surface area contributed by atoms with Gasteiger partial charge in [0.05, 0.1) is 11.3 Å². The Morgan fingerprint density at radius 1 is 1.35 bits per heavy atom. The van der Waals surface area contributed by atoms with Crippen molar-refractivity contribution in [3.8, 4) is 0 Å². The molecule has 1 aromatic carbocycles. The predicted molar refractivity (Wildman–Crippen MR) is 58.3 cm³/mol. The molecule has 1 aromatic rings. The molecule has 0 radical (unpaired) electrons. The first-order valence-corrected chi connectivity index (χ1v) is 5.07. The first-order chi connectivity index (χ1) is 7.77. The Bertz CT molecular complexity index is 390. The van der Waals surface area contributed by atoms with Gasteiger partial charge in [0.15, 0.2) is 0 Å². The highest BCUT2D eigenvalue weighted by atomic mass is 19.4. The maximum absolute atomic E-state index is 13.5. The zero-order valence-corrected chi connectivity index (χ0v) is 9.55. The van der Waals surface area contributed by atoms with Gasteiger partial charge in [-0.1, -0.05) is 0 Å². The van der Waals surface area contributed by atoms with Crippen LogP contribution < -0.4 is 10.6 Å². The van der Waals surface area contributed by atoms with E-state index in [2.05, 4.69) is 0 Å². The van der Waals surface area contributed by atoms with Crippen LogP contribution in [0.4, 0.5) is 23.2 Å². The number of nitrogens with zero attached hydrogens (tertiary/aromatic N) is 1. The molecule has 1 rings (SSSR count). The molecule has 0 heterocycles. The Labute approximate surface area is 97.0 Å². The lowest BCUT2D eigenvalue weighted by atomic mass is 10.1. The molecule has 6 heteroatoms. The summed E-state index contributed by atoms with van der Waals surface area (Å²) in [5.41, 5.74) is 4.53. The van der Waals surface area contributed by atoms with Crippen molar-refractivity contribution in [1.82, 2.24) is 0 Å². The van der Waals surface area contributed by atoms with E-state index in [0.717, 1.165) is 12.1 Å². The molecule has 1 unspecified atom stereocenters. The number of hydrogen-bond acceptors (Lipinski definition) is 2. The van der Waals surface area contributed by atoms with Gasteiger partial charge in [0.1, 0.15) is 5.82 Å². The van der Waals surface area contributed by atoms with E-state index in [1.165, 1.54) is 4.90 Å². The topological polar surface area (TPSA) is 29.3 Å². The summed E-state index contributed by atoms with van der Waals surface area (Å²) in [6.45, 7) is 2.05. The number of halogens is 4. The van der Waals surface area contributed by atoms with Crippen LogP contribution in [0.1, 0.15) is 12.5 Å². The number of rotatable bonds is 3. The van der Waals surface area contributed by atoms with Crippen LogP contribution in [-0.4, -0.2) is 19.6 Å². The third-order valence-electron chi connectivity index (χ3n) is 2.66. The fourth-order valence-electron chi connectivity index (χ4n) is 1.36. The first-order valence-electron chi connectivity index (χ1n) is 5.07. The second-order valence-corrected chi connectivity index (χ2v) is 3.86. The van der Waals surface area contributed by atoms with Gasteiger partial charge in [0, 0.05) is 19.6 Å². The molecular weight excluding hydrogens is 236 g/mol. The summed E-state index contributed by atoms with van der Waals surface area (Å²) in [5.74, 6) is -0.900. The van der Waals surface area contributed by atoms with Gasteiger partial charge in [-0.2, -0.15) is 13.2 Å². The maximum atomic E-state index is 13.5. The summed E-state index contributed by atoms with van der Waals surface area (Å²) in [5, 5.41) is 0. The minimum absolute atomic E-state index is 0.107. The van der Waals surface area contributed by atoms with Gasteiger partial charge in [0.25, 0.3) is 0 Å². The van der Waals surface area contributed by atoms with Gasteiger partial charge in [-0.05, 0) is 25.1 Å². The second-order valence-electron chi connectivity index (χ2n) is 3.86. The summed E-state index contributed by atoms with van der Waals surface area (Å²) in [6, 6.07) is 2.32. The molecule has 0 amide bonds. The summed E-state index contributed by atoms with van der Waals surface area (Å²) in [4.78, 5) is 1.51. The highest BCUT2D eigenvalue weighted by Crippen LogP contribution is 2.32. The molecule has 96 valence electrons. The van der Waals surface area contributed by atoms with Crippen molar-refractivity contribution in [2.75, 3.05) is 18.5 Å². The van der Waals surface area contributed by atoms with Crippen LogP contribution in [0, 0.1) is 5.82 Å². The van der Waals surface area contributed by atoms with Crippen LogP contribution >= 0.6 is 0 Å². The summed E-state index contributed by atoms with van der Waals surface area (Å²) < 4.78 is 50.5. The van der Waals surface area contributed by atoms with E-state index < -0.39 is 17.6 Å². The Morgan fingerprint density at radius 3 is 2.35 bits per heavy atom. The molecule has 0 fully saturated rings.